The normalized spacial score (nSPS) is 30.3. The van der Waals surface area contributed by atoms with Crippen molar-refractivity contribution in [2.24, 2.45) is 0 Å². The standard InChI is InChI=1S/C8H16FNO/c1-7(9)5-10-3-4-11-8(2)6-10/h7-8H,3-6H2,1-2H3/t7?,8-/m0/s1. The molecule has 11 heavy (non-hydrogen) atoms. The van der Waals surface area contributed by atoms with E-state index in [1.54, 1.807) is 6.92 Å². The van der Waals surface area contributed by atoms with Gasteiger partial charge in [-0.25, -0.2) is 4.39 Å². The molecule has 1 heterocycles. The Kier molecular flexibility index (Phi) is 3.27. The summed E-state index contributed by atoms with van der Waals surface area (Å²) in [6.07, 6.45) is -0.456. The van der Waals surface area contributed by atoms with E-state index >= 15 is 0 Å². The Bertz CT molecular complexity index is 117. The van der Waals surface area contributed by atoms with E-state index in [0.717, 1.165) is 19.7 Å². The monoisotopic (exact) mass is 161 g/mol. The molecule has 1 rings (SSSR count). The number of rotatable bonds is 2. The minimum Gasteiger partial charge on any atom is -0.376 e. The second kappa shape index (κ2) is 4.02. The van der Waals surface area contributed by atoms with Crippen LogP contribution in [0.4, 0.5) is 4.39 Å². The second-order valence-electron chi connectivity index (χ2n) is 3.22. The molecular weight excluding hydrogens is 145 g/mol. The molecule has 0 spiro atoms. The lowest BCUT2D eigenvalue weighted by Gasteiger charge is -2.31. The number of morpholine rings is 1. The average Bonchev–Trinajstić information content (AvgIpc) is 1.85. The summed E-state index contributed by atoms with van der Waals surface area (Å²) in [6, 6.07) is 0. The van der Waals surface area contributed by atoms with Gasteiger partial charge >= 0.3 is 0 Å². The van der Waals surface area contributed by atoms with Gasteiger partial charge < -0.3 is 4.74 Å². The van der Waals surface area contributed by atoms with Crippen molar-refractivity contribution in [3.63, 3.8) is 0 Å². The molecule has 0 amide bonds. The maximum Gasteiger partial charge on any atom is 0.110 e. The smallest absolute Gasteiger partial charge is 0.110 e. The zero-order chi connectivity index (χ0) is 8.27. The van der Waals surface area contributed by atoms with Crippen LogP contribution in [0.2, 0.25) is 0 Å². The van der Waals surface area contributed by atoms with Crippen LogP contribution in [0.3, 0.4) is 0 Å². The van der Waals surface area contributed by atoms with Gasteiger partial charge in [0.2, 0.25) is 0 Å². The second-order valence-corrected chi connectivity index (χ2v) is 3.22. The largest absolute Gasteiger partial charge is 0.376 e. The van der Waals surface area contributed by atoms with Gasteiger partial charge in [0.15, 0.2) is 0 Å². The summed E-state index contributed by atoms with van der Waals surface area (Å²) >= 11 is 0. The fourth-order valence-corrected chi connectivity index (χ4v) is 1.41. The first-order valence-corrected chi connectivity index (χ1v) is 4.16. The van der Waals surface area contributed by atoms with Crippen LogP contribution in [0.1, 0.15) is 13.8 Å². The summed E-state index contributed by atoms with van der Waals surface area (Å²) in [6.45, 7) is 6.66. The van der Waals surface area contributed by atoms with Gasteiger partial charge in [0, 0.05) is 19.6 Å². The van der Waals surface area contributed by atoms with E-state index in [2.05, 4.69) is 4.90 Å². The van der Waals surface area contributed by atoms with E-state index in [1.807, 2.05) is 6.92 Å². The van der Waals surface area contributed by atoms with Gasteiger partial charge in [-0.1, -0.05) is 0 Å². The third-order valence-electron chi connectivity index (χ3n) is 1.83. The van der Waals surface area contributed by atoms with Gasteiger partial charge in [0.1, 0.15) is 6.17 Å². The Morgan fingerprint density at radius 2 is 2.45 bits per heavy atom. The van der Waals surface area contributed by atoms with Crippen molar-refractivity contribution >= 4 is 0 Å². The zero-order valence-electron chi connectivity index (χ0n) is 7.22. The first-order chi connectivity index (χ1) is 5.18. The molecule has 1 fully saturated rings. The van der Waals surface area contributed by atoms with E-state index in [1.165, 1.54) is 0 Å². The number of hydrogen-bond acceptors (Lipinski definition) is 2. The molecule has 0 aromatic heterocycles. The molecule has 0 bridgehead atoms. The molecule has 1 aliphatic rings. The van der Waals surface area contributed by atoms with E-state index < -0.39 is 6.17 Å². The molecule has 3 heteroatoms. The molecule has 0 radical (unpaired) electrons. The average molecular weight is 161 g/mol. The van der Waals surface area contributed by atoms with Crippen molar-refractivity contribution in [3.8, 4) is 0 Å². The van der Waals surface area contributed by atoms with Gasteiger partial charge in [0.05, 0.1) is 12.7 Å². The molecule has 66 valence electrons. The van der Waals surface area contributed by atoms with Crippen molar-refractivity contribution in [1.82, 2.24) is 4.90 Å². The highest BCUT2D eigenvalue weighted by atomic mass is 19.1. The lowest BCUT2D eigenvalue weighted by Crippen LogP contribution is -2.43. The number of nitrogens with zero attached hydrogens (tertiary/aromatic N) is 1. The van der Waals surface area contributed by atoms with Crippen LogP contribution >= 0.6 is 0 Å². The van der Waals surface area contributed by atoms with Crippen LogP contribution < -0.4 is 0 Å². The van der Waals surface area contributed by atoms with Crippen LogP contribution in [0.5, 0.6) is 0 Å². The predicted octanol–water partition coefficient (Wildman–Crippen LogP) is 1.07. The quantitative estimate of drug-likeness (QED) is 0.600. The van der Waals surface area contributed by atoms with Gasteiger partial charge in [-0.2, -0.15) is 0 Å². The summed E-state index contributed by atoms with van der Waals surface area (Å²) in [5, 5.41) is 0. The highest BCUT2D eigenvalue weighted by Gasteiger charge is 2.17. The topological polar surface area (TPSA) is 12.5 Å². The Hall–Kier alpha value is -0.150. The predicted molar refractivity (Wildman–Crippen MR) is 42.4 cm³/mol. The van der Waals surface area contributed by atoms with Crippen molar-refractivity contribution < 1.29 is 9.13 Å². The van der Waals surface area contributed by atoms with Crippen LogP contribution in [0.15, 0.2) is 0 Å². The zero-order valence-corrected chi connectivity index (χ0v) is 7.22. The van der Waals surface area contributed by atoms with E-state index in [0.29, 0.717) is 6.54 Å². The minimum atomic E-state index is -0.722. The minimum absolute atomic E-state index is 0.266. The van der Waals surface area contributed by atoms with Gasteiger partial charge in [-0.3, -0.25) is 4.90 Å². The third-order valence-corrected chi connectivity index (χ3v) is 1.83. The first kappa shape index (κ1) is 8.94. The van der Waals surface area contributed by atoms with Crippen LogP contribution in [0.25, 0.3) is 0 Å². The molecule has 2 atom stereocenters. The number of alkyl halides is 1. The Labute approximate surface area is 67.3 Å². The van der Waals surface area contributed by atoms with Crippen molar-refractivity contribution in [2.75, 3.05) is 26.2 Å². The molecular formula is C8H16FNO. The van der Waals surface area contributed by atoms with E-state index in [4.69, 9.17) is 4.74 Å². The fraction of sp³-hybridized carbons (Fsp3) is 1.00. The summed E-state index contributed by atoms with van der Waals surface area (Å²) in [5.41, 5.74) is 0. The lowest BCUT2D eigenvalue weighted by molar-refractivity contribution is -0.0239. The molecule has 2 nitrogen and oxygen atoms in total. The summed E-state index contributed by atoms with van der Waals surface area (Å²) in [5.74, 6) is 0. The Morgan fingerprint density at radius 1 is 1.73 bits per heavy atom. The number of hydrogen-bond donors (Lipinski definition) is 0. The highest BCUT2D eigenvalue weighted by molar-refractivity contribution is 4.69. The molecule has 1 saturated heterocycles. The number of ether oxygens (including phenoxy) is 1. The molecule has 1 aliphatic heterocycles. The van der Waals surface area contributed by atoms with Crippen molar-refractivity contribution in [3.05, 3.63) is 0 Å². The SMILES string of the molecule is CC(F)CN1CCO[C@@H](C)C1. The fourth-order valence-electron chi connectivity index (χ4n) is 1.41. The van der Waals surface area contributed by atoms with Crippen LogP contribution in [-0.2, 0) is 4.74 Å². The lowest BCUT2D eigenvalue weighted by atomic mass is 10.3. The maximum atomic E-state index is 12.5. The molecule has 0 aromatic carbocycles. The maximum absolute atomic E-state index is 12.5. The number of halogens is 1. The van der Waals surface area contributed by atoms with Gasteiger partial charge in [-0.05, 0) is 13.8 Å². The van der Waals surface area contributed by atoms with E-state index in [9.17, 15) is 4.39 Å². The molecule has 0 saturated carbocycles. The van der Waals surface area contributed by atoms with Crippen molar-refractivity contribution in [1.29, 1.82) is 0 Å². The molecule has 1 unspecified atom stereocenters. The summed E-state index contributed by atoms with van der Waals surface area (Å²) in [7, 11) is 0. The molecule has 0 aliphatic carbocycles. The summed E-state index contributed by atoms with van der Waals surface area (Å²) < 4.78 is 17.9. The highest BCUT2D eigenvalue weighted by Crippen LogP contribution is 2.05. The van der Waals surface area contributed by atoms with Crippen molar-refractivity contribution in [2.45, 2.75) is 26.1 Å². The van der Waals surface area contributed by atoms with Gasteiger partial charge in [-0.15, -0.1) is 0 Å². The Morgan fingerprint density at radius 3 is 3.00 bits per heavy atom. The van der Waals surface area contributed by atoms with E-state index in [-0.39, 0.29) is 6.10 Å². The summed E-state index contributed by atoms with van der Waals surface area (Å²) in [4.78, 5) is 2.11. The third kappa shape index (κ3) is 3.16. The van der Waals surface area contributed by atoms with Crippen LogP contribution in [0, 0.1) is 0 Å². The molecule has 0 aromatic rings. The van der Waals surface area contributed by atoms with Gasteiger partial charge in [0.25, 0.3) is 0 Å². The van der Waals surface area contributed by atoms with Crippen LogP contribution in [-0.4, -0.2) is 43.4 Å². The first-order valence-electron chi connectivity index (χ1n) is 4.16. The molecule has 0 N–H and O–H groups in total. The Balaban J connectivity index is 2.23.